The number of halogens is 3. The van der Waals surface area contributed by atoms with E-state index in [0.29, 0.717) is 0 Å². The Bertz CT molecular complexity index is 717. The third kappa shape index (κ3) is 3.00. The Hall–Kier alpha value is -2.64. The van der Waals surface area contributed by atoms with E-state index >= 15 is 0 Å². The molecule has 114 valence electrons. The monoisotopic (exact) mass is 308 g/mol. The zero-order chi connectivity index (χ0) is 15.7. The second-order valence-electron chi connectivity index (χ2n) is 4.90. The van der Waals surface area contributed by atoms with Crippen LogP contribution >= 0.6 is 0 Å². The fraction of sp³-hybridized carbons (Fsp3) is 0.214. The number of anilines is 2. The molecule has 0 saturated heterocycles. The van der Waals surface area contributed by atoms with E-state index in [-0.39, 0.29) is 29.1 Å². The summed E-state index contributed by atoms with van der Waals surface area (Å²) in [7, 11) is 0. The molecule has 0 aliphatic heterocycles. The molecule has 1 aromatic carbocycles. The highest BCUT2D eigenvalue weighted by atomic mass is 19.2. The Morgan fingerprint density at radius 2 is 1.82 bits per heavy atom. The summed E-state index contributed by atoms with van der Waals surface area (Å²) in [4.78, 5) is 11.7. The van der Waals surface area contributed by atoms with Crippen LogP contribution in [0.15, 0.2) is 24.3 Å². The van der Waals surface area contributed by atoms with E-state index in [4.69, 9.17) is 0 Å². The van der Waals surface area contributed by atoms with Crippen molar-refractivity contribution in [3.05, 3.63) is 47.4 Å². The molecule has 0 atom stereocenters. The van der Waals surface area contributed by atoms with E-state index in [2.05, 4.69) is 20.8 Å². The molecular weight excluding hydrogens is 297 g/mol. The first-order valence-electron chi connectivity index (χ1n) is 6.59. The maximum Gasteiger partial charge on any atom is 0.272 e. The van der Waals surface area contributed by atoms with Crippen molar-refractivity contribution in [3.8, 4) is 0 Å². The lowest BCUT2D eigenvalue weighted by atomic mass is 10.2. The molecule has 22 heavy (non-hydrogen) atoms. The van der Waals surface area contributed by atoms with Gasteiger partial charge in [-0.2, -0.15) is 0 Å². The predicted molar refractivity (Wildman–Crippen MR) is 72.1 cm³/mol. The second kappa shape index (κ2) is 5.63. The molecule has 1 aliphatic carbocycles. The summed E-state index contributed by atoms with van der Waals surface area (Å²) in [6.45, 7) is 0. The Morgan fingerprint density at radius 3 is 2.45 bits per heavy atom. The topological polar surface area (TPSA) is 66.9 Å². The third-order valence-electron chi connectivity index (χ3n) is 3.11. The summed E-state index contributed by atoms with van der Waals surface area (Å²) in [5.41, 5.74) is -0.147. The molecule has 0 bridgehead atoms. The summed E-state index contributed by atoms with van der Waals surface area (Å²) >= 11 is 0. The number of carbonyl (C=O) groups is 1. The van der Waals surface area contributed by atoms with Crippen molar-refractivity contribution in [3.63, 3.8) is 0 Å². The van der Waals surface area contributed by atoms with Crippen LogP contribution in [0.5, 0.6) is 0 Å². The van der Waals surface area contributed by atoms with Crippen molar-refractivity contribution in [2.45, 2.75) is 18.9 Å². The molecule has 2 aromatic rings. The van der Waals surface area contributed by atoms with Crippen molar-refractivity contribution in [1.82, 2.24) is 15.5 Å². The van der Waals surface area contributed by atoms with Gasteiger partial charge in [-0.25, -0.2) is 13.2 Å². The summed E-state index contributed by atoms with van der Waals surface area (Å²) in [5.74, 6) is -4.43. The van der Waals surface area contributed by atoms with Crippen LogP contribution in [0.1, 0.15) is 23.3 Å². The second-order valence-corrected chi connectivity index (χ2v) is 4.90. The Balaban J connectivity index is 1.73. The molecule has 1 aromatic heterocycles. The minimum absolute atomic E-state index is 0.105. The number of rotatable bonds is 4. The molecule has 1 aliphatic rings. The van der Waals surface area contributed by atoms with Crippen LogP contribution in [0.25, 0.3) is 0 Å². The van der Waals surface area contributed by atoms with Crippen molar-refractivity contribution in [1.29, 1.82) is 0 Å². The lowest BCUT2D eigenvalue weighted by Crippen LogP contribution is -2.26. The van der Waals surface area contributed by atoms with Gasteiger partial charge in [-0.05, 0) is 37.1 Å². The van der Waals surface area contributed by atoms with Crippen molar-refractivity contribution in [2.24, 2.45) is 0 Å². The zero-order valence-corrected chi connectivity index (χ0v) is 11.2. The maximum atomic E-state index is 13.5. The van der Waals surface area contributed by atoms with Gasteiger partial charge in [-0.15, -0.1) is 10.2 Å². The highest BCUT2D eigenvalue weighted by Gasteiger charge is 2.24. The maximum absolute atomic E-state index is 13.5. The Kier molecular flexibility index (Phi) is 3.66. The molecule has 1 amide bonds. The Morgan fingerprint density at radius 1 is 1.05 bits per heavy atom. The van der Waals surface area contributed by atoms with Crippen LogP contribution in [0.2, 0.25) is 0 Å². The predicted octanol–water partition coefficient (Wildman–Crippen LogP) is 2.53. The van der Waals surface area contributed by atoms with Crippen LogP contribution < -0.4 is 10.6 Å². The minimum Gasteiger partial charge on any atom is -0.348 e. The van der Waals surface area contributed by atoms with E-state index in [0.717, 1.165) is 25.0 Å². The molecule has 0 radical (unpaired) electrons. The number of hydrogen-bond donors (Lipinski definition) is 2. The standard InChI is InChI=1S/C14H11F3N4O/c15-8-3-4-9(13(17)12(8)16)19-11-6-5-10(20-21-11)14(22)18-7-1-2-7/h3-7H,1-2H2,(H,18,22)(H,19,21). The number of benzene rings is 1. The molecular formula is C14H11F3N4O. The first-order chi connectivity index (χ1) is 10.5. The average Bonchev–Trinajstić information content (AvgIpc) is 3.32. The molecule has 0 spiro atoms. The lowest BCUT2D eigenvalue weighted by molar-refractivity contribution is 0.0945. The van der Waals surface area contributed by atoms with Crippen LogP contribution in [0.3, 0.4) is 0 Å². The zero-order valence-electron chi connectivity index (χ0n) is 11.2. The number of nitrogens with zero attached hydrogens (tertiary/aromatic N) is 2. The van der Waals surface area contributed by atoms with E-state index in [1.165, 1.54) is 12.1 Å². The highest BCUT2D eigenvalue weighted by Crippen LogP contribution is 2.22. The molecule has 2 N–H and O–H groups in total. The summed E-state index contributed by atoms with van der Waals surface area (Å²) < 4.78 is 39.5. The molecule has 0 unspecified atom stereocenters. The number of hydrogen-bond acceptors (Lipinski definition) is 4. The van der Waals surface area contributed by atoms with Crippen LogP contribution in [0.4, 0.5) is 24.7 Å². The van der Waals surface area contributed by atoms with E-state index < -0.39 is 17.5 Å². The van der Waals surface area contributed by atoms with Gasteiger partial charge in [0.2, 0.25) is 0 Å². The van der Waals surface area contributed by atoms with Gasteiger partial charge in [0, 0.05) is 6.04 Å². The summed E-state index contributed by atoms with van der Waals surface area (Å²) in [5, 5.41) is 12.6. The van der Waals surface area contributed by atoms with Crippen LogP contribution in [0, 0.1) is 17.5 Å². The van der Waals surface area contributed by atoms with E-state index in [1.54, 1.807) is 0 Å². The lowest BCUT2D eigenvalue weighted by Gasteiger charge is -2.07. The highest BCUT2D eigenvalue weighted by molar-refractivity contribution is 5.92. The SMILES string of the molecule is O=C(NC1CC1)c1ccc(Nc2ccc(F)c(F)c2F)nn1. The van der Waals surface area contributed by atoms with E-state index in [9.17, 15) is 18.0 Å². The molecule has 1 fully saturated rings. The molecule has 1 saturated carbocycles. The van der Waals surface area contributed by atoms with Gasteiger partial charge in [0.05, 0.1) is 5.69 Å². The van der Waals surface area contributed by atoms with Crippen LogP contribution in [-0.2, 0) is 0 Å². The fourth-order valence-corrected chi connectivity index (χ4v) is 1.77. The van der Waals surface area contributed by atoms with Crippen molar-refractivity contribution in [2.75, 3.05) is 5.32 Å². The largest absolute Gasteiger partial charge is 0.348 e. The Labute approximate surface area is 123 Å². The third-order valence-corrected chi connectivity index (χ3v) is 3.11. The molecule has 3 rings (SSSR count). The van der Waals surface area contributed by atoms with Gasteiger partial charge in [-0.3, -0.25) is 4.79 Å². The number of carbonyl (C=O) groups excluding carboxylic acids is 1. The minimum atomic E-state index is -1.57. The van der Waals surface area contributed by atoms with Crippen LogP contribution in [-0.4, -0.2) is 22.1 Å². The first kappa shape index (κ1) is 14.3. The van der Waals surface area contributed by atoms with Gasteiger partial charge in [0.1, 0.15) is 0 Å². The van der Waals surface area contributed by atoms with E-state index in [1.807, 2.05) is 0 Å². The van der Waals surface area contributed by atoms with Gasteiger partial charge < -0.3 is 10.6 Å². The number of amides is 1. The smallest absolute Gasteiger partial charge is 0.272 e. The average molecular weight is 308 g/mol. The molecule has 8 heteroatoms. The van der Waals surface area contributed by atoms with Crippen molar-refractivity contribution < 1.29 is 18.0 Å². The molecule has 5 nitrogen and oxygen atoms in total. The quantitative estimate of drug-likeness (QED) is 0.852. The number of nitrogens with one attached hydrogen (secondary N) is 2. The fourth-order valence-electron chi connectivity index (χ4n) is 1.77. The summed E-state index contributed by atoms with van der Waals surface area (Å²) in [6.07, 6.45) is 1.91. The van der Waals surface area contributed by atoms with Crippen molar-refractivity contribution >= 4 is 17.4 Å². The number of aromatic nitrogens is 2. The summed E-state index contributed by atoms with van der Waals surface area (Å²) in [6, 6.07) is 4.85. The van der Waals surface area contributed by atoms with Gasteiger partial charge in [0.15, 0.2) is 29.0 Å². The van der Waals surface area contributed by atoms with Gasteiger partial charge in [-0.1, -0.05) is 0 Å². The normalized spacial score (nSPS) is 13.8. The first-order valence-corrected chi connectivity index (χ1v) is 6.59. The van der Waals surface area contributed by atoms with Gasteiger partial charge >= 0.3 is 0 Å². The molecule has 1 heterocycles. The van der Waals surface area contributed by atoms with Gasteiger partial charge in [0.25, 0.3) is 5.91 Å².